The summed E-state index contributed by atoms with van der Waals surface area (Å²) in [6.07, 6.45) is 2.25. The number of hydrogen-bond donors (Lipinski definition) is 1. The number of rotatable bonds is 5. The largest absolute Gasteiger partial charge is 0.369 e. The van der Waals surface area contributed by atoms with E-state index in [0.29, 0.717) is 23.3 Å². The van der Waals surface area contributed by atoms with Crippen molar-refractivity contribution in [3.63, 3.8) is 0 Å². The molecule has 0 amide bonds. The Labute approximate surface area is 155 Å². The Morgan fingerprint density at radius 3 is 2.41 bits per heavy atom. The normalized spacial score (nSPS) is 10.9. The standard InChI is InChI=1S/C22H17F2N3/c23-18-3-1-2-17(12-18)16-6-4-15(5-7-16)10-11-25-22-20-13-19(24)8-9-21(20)26-14-27-22/h1-9,12-14H,10-11H2,(H,25,26,27). The Bertz CT molecular complexity index is 1080. The number of benzene rings is 3. The molecule has 0 fully saturated rings. The Kier molecular flexibility index (Phi) is 4.75. The van der Waals surface area contributed by atoms with Crippen LogP contribution in [0.3, 0.4) is 0 Å². The maximum atomic E-state index is 13.5. The number of nitrogens with one attached hydrogen (secondary N) is 1. The monoisotopic (exact) mass is 361 g/mol. The molecule has 0 radical (unpaired) electrons. The zero-order valence-electron chi connectivity index (χ0n) is 14.5. The van der Waals surface area contributed by atoms with Gasteiger partial charge in [0.25, 0.3) is 0 Å². The van der Waals surface area contributed by atoms with Gasteiger partial charge in [0.15, 0.2) is 0 Å². The number of nitrogens with zero attached hydrogens (tertiary/aromatic N) is 2. The first-order valence-electron chi connectivity index (χ1n) is 8.68. The number of fused-ring (bicyclic) bond motifs is 1. The molecule has 0 unspecified atom stereocenters. The van der Waals surface area contributed by atoms with Crippen molar-refractivity contribution in [3.05, 3.63) is 90.3 Å². The van der Waals surface area contributed by atoms with Crippen molar-refractivity contribution in [1.29, 1.82) is 0 Å². The summed E-state index contributed by atoms with van der Waals surface area (Å²) in [5.41, 5.74) is 3.68. The van der Waals surface area contributed by atoms with Crippen LogP contribution in [0.15, 0.2) is 73.1 Å². The smallest absolute Gasteiger partial charge is 0.137 e. The molecule has 1 heterocycles. The number of halogens is 2. The summed E-state index contributed by atoms with van der Waals surface area (Å²) in [5, 5.41) is 3.92. The van der Waals surface area contributed by atoms with E-state index in [-0.39, 0.29) is 11.6 Å². The predicted molar refractivity (Wildman–Crippen MR) is 104 cm³/mol. The van der Waals surface area contributed by atoms with Gasteiger partial charge >= 0.3 is 0 Å². The highest BCUT2D eigenvalue weighted by Crippen LogP contribution is 2.22. The van der Waals surface area contributed by atoms with Crippen molar-refractivity contribution in [1.82, 2.24) is 9.97 Å². The highest BCUT2D eigenvalue weighted by atomic mass is 19.1. The van der Waals surface area contributed by atoms with Gasteiger partial charge in [0, 0.05) is 11.9 Å². The first-order valence-corrected chi connectivity index (χ1v) is 8.68. The molecule has 0 saturated heterocycles. The molecule has 3 nitrogen and oxygen atoms in total. The summed E-state index contributed by atoms with van der Waals surface area (Å²) in [4.78, 5) is 8.37. The molecule has 134 valence electrons. The predicted octanol–water partition coefficient (Wildman–Crippen LogP) is 5.23. The van der Waals surface area contributed by atoms with E-state index in [4.69, 9.17) is 0 Å². The van der Waals surface area contributed by atoms with Gasteiger partial charge in [0.05, 0.1) is 5.52 Å². The molecular weight excluding hydrogens is 344 g/mol. The molecule has 1 aromatic heterocycles. The lowest BCUT2D eigenvalue weighted by molar-refractivity contribution is 0.628. The fourth-order valence-electron chi connectivity index (χ4n) is 3.03. The first kappa shape index (κ1) is 17.1. The molecule has 4 rings (SSSR count). The molecule has 27 heavy (non-hydrogen) atoms. The van der Waals surface area contributed by atoms with Crippen LogP contribution in [0.2, 0.25) is 0 Å². The van der Waals surface area contributed by atoms with E-state index in [9.17, 15) is 8.78 Å². The van der Waals surface area contributed by atoms with Crippen LogP contribution in [0.4, 0.5) is 14.6 Å². The van der Waals surface area contributed by atoms with Gasteiger partial charge in [-0.3, -0.25) is 0 Å². The Morgan fingerprint density at radius 2 is 1.59 bits per heavy atom. The summed E-state index contributed by atoms with van der Waals surface area (Å²) in [7, 11) is 0. The van der Waals surface area contributed by atoms with Crippen LogP contribution in [0.25, 0.3) is 22.0 Å². The number of hydrogen-bond acceptors (Lipinski definition) is 3. The molecule has 0 aliphatic rings. The highest BCUT2D eigenvalue weighted by molar-refractivity contribution is 5.88. The Morgan fingerprint density at radius 1 is 0.778 bits per heavy atom. The van der Waals surface area contributed by atoms with Crippen molar-refractivity contribution in [2.75, 3.05) is 11.9 Å². The molecule has 5 heteroatoms. The SMILES string of the molecule is Fc1cccc(-c2ccc(CCNc3ncnc4ccc(F)cc34)cc2)c1. The van der Waals surface area contributed by atoms with Crippen molar-refractivity contribution in [3.8, 4) is 11.1 Å². The average molecular weight is 361 g/mol. The Balaban J connectivity index is 1.43. The van der Waals surface area contributed by atoms with E-state index in [1.165, 1.54) is 30.6 Å². The van der Waals surface area contributed by atoms with E-state index in [0.717, 1.165) is 23.1 Å². The third kappa shape index (κ3) is 3.92. The van der Waals surface area contributed by atoms with Gasteiger partial charge in [-0.1, -0.05) is 36.4 Å². The van der Waals surface area contributed by atoms with Crippen molar-refractivity contribution in [2.24, 2.45) is 0 Å². The quantitative estimate of drug-likeness (QED) is 0.529. The molecular formula is C22H17F2N3. The lowest BCUT2D eigenvalue weighted by atomic mass is 10.0. The summed E-state index contributed by atoms with van der Waals surface area (Å²) in [6, 6.07) is 19.0. The first-order chi connectivity index (χ1) is 13.2. The van der Waals surface area contributed by atoms with Gasteiger partial charge in [0.2, 0.25) is 0 Å². The van der Waals surface area contributed by atoms with Crippen molar-refractivity contribution >= 4 is 16.7 Å². The second-order valence-electron chi connectivity index (χ2n) is 6.27. The highest BCUT2D eigenvalue weighted by Gasteiger charge is 2.05. The zero-order valence-corrected chi connectivity index (χ0v) is 14.5. The molecule has 0 aliphatic heterocycles. The molecule has 3 aromatic carbocycles. The second kappa shape index (κ2) is 7.50. The van der Waals surface area contributed by atoms with Crippen LogP contribution in [-0.4, -0.2) is 16.5 Å². The molecule has 0 aliphatic carbocycles. The Hall–Kier alpha value is -3.34. The minimum absolute atomic E-state index is 0.241. The van der Waals surface area contributed by atoms with E-state index in [1.807, 2.05) is 30.3 Å². The van der Waals surface area contributed by atoms with E-state index in [2.05, 4.69) is 15.3 Å². The maximum absolute atomic E-state index is 13.5. The topological polar surface area (TPSA) is 37.8 Å². The fraction of sp³-hybridized carbons (Fsp3) is 0.0909. The molecule has 0 atom stereocenters. The maximum Gasteiger partial charge on any atom is 0.137 e. The molecule has 1 N–H and O–H groups in total. The van der Waals surface area contributed by atoms with Gasteiger partial charge in [-0.15, -0.1) is 0 Å². The molecule has 0 spiro atoms. The summed E-state index contributed by atoms with van der Waals surface area (Å²) < 4.78 is 26.9. The van der Waals surface area contributed by atoms with E-state index in [1.54, 1.807) is 12.1 Å². The minimum atomic E-state index is -0.312. The molecule has 4 aromatic rings. The third-order valence-corrected chi connectivity index (χ3v) is 4.42. The van der Waals surface area contributed by atoms with Gasteiger partial charge in [-0.05, 0) is 53.4 Å². The van der Waals surface area contributed by atoms with E-state index >= 15 is 0 Å². The summed E-state index contributed by atoms with van der Waals surface area (Å²) in [6.45, 7) is 0.655. The summed E-state index contributed by atoms with van der Waals surface area (Å²) in [5.74, 6) is 0.0680. The fourth-order valence-corrected chi connectivity index (χ4v) is 3.03. The minimum Gasteiger partial charge on any atom is -0.369 e. The van der Waals surface area contributed by atoms with Gasteiger partial charge < -0.3 is 5.32 Å². The third-order valence-electron chi connectivity index (χ3n) is 4.42. The van der Waals surface area contributed by atoms with Crippen LogP contribution in [0, 0.1) is 11.6 Å². The zero-order chi connectivity index (χ0) is 18.6. The molecule has 0 bridgehead atoms. The summed E-state index contributed by atoms with van der Waals surface area (Å²) >= 11 is 0. The van der Waals surface area contributed by atoms with Crippen LogP contribution in [-0.2, 0) is 6.42 Å². The van der Waals surface area contributed by atoms with Crippen LogP contribution < -0.4 is 5.32 Å². The van der Waals surface area contributed by atoms with Crippen molar-refractivity contribution < 1.29 is 8.78 Å². The second-order valence-corrected chi connectivity index (χ2v) is 6.27. The lowest BCUT2D eigenvalue weighted by Gasteiger charge is -2.09. The van der Waals surface area contributed by atoms with Crippen LogP contribution >= 0.6 is 0 Å². The van der Waals surface area contributed by atoms with Gasteiger partial charge in [-0.25, -0.2) is 18.7 Å². The number of anilines is 1. The van der Waals surface area contributed by atoms with Gasteiger partial charge in [0.1, 0.15) is 23.8 Å². The van der Waals surface area contributed by atoms with Crippen LogP contribution in [0.1, 0.15) is 5.56 Å². The van der Waals surface area contributed by atoms with Crippen molar-refractivity contribution in [2.45, 2.75) is 6.42 Å². The molecule has 0 saturated carbocycles. The van der Waals surface area contributed by atoms with E-state index < -0.39 is 0 Å². The number of aromatic nitrogens is 2. The van der Waals surface area contributed by atoms with Gasteiger partial charge in [-0.2, -0.15) is 0 Å². The van der Waals surface area contributed by atoms with Crippen LogP contribution in [0.5, 0.6) is 0 Å². The average Bonchev–Trinajstić information content (AvgIpc) is 2.69. The lowest BCUT2D eigenvalue weighted by Crippen LogP contribution is -2.07.